The van der Waals surface area contributed by atoms with Gasteiger partial charge >= 0.3 is 5.69 Å². The lowest BCUT2D eigenvalue weighted by Gasteiger charge is -2.15. The highest BCUT2D eigenvalue weighted by Crippen LogP contribution is 2.30. The van der Waals surface area contributed by atoms with Gasteiger partial charge in [-0.2, -0.15) is 14.5 Å². The Balaban J connectivity index is 2.39. The highest BCUT2D eigenvalue weighted by molar-refractivity contribution is 14.1. The summed E-state index contributed by atoms with van der Waals surface area (Å²) in [6.45, 7) is -0.235. The van der Waals surface area contributed by atoms with Crippen molar-refractivity contribution >= 4 is 22.6 Å². The molecule has 1 fully saturated rings. The van der Waals surface area contributed by atoms with E-state index in [-0.39, 0.29) is 16.5 Å². The third-order valence-corrected chi connectivity index (χ3v) is 3.75. The number of hydrogen-bond donors (Lipinski definition) is 1. The van der Waals surface area contributed by atoms with Crippen molar-refractivity contribution in [2.24, 2.45) is 10.4 Å². The molecule has 1 saturated heterocycles. The highest BCUT2D eigenvalue weighted by atomic mass is 127. The topological polar surface area (TPSA) is 138 Å². The van der Waals surface area contributed by atoms with Gasteiger partial charge in [-0.1, -0.05) is 10.4 Å². The number of nitrogens with two attached hydrogens (primary N) is 1. The van der Waals surface area contributed by atoms with Gasteiger partial charge in [-0.15, -0.1) is 0 Å². The van der Waals surface area contributed by atoms with Crippen molar-refractivity contribution in [1.82, 2.24) is 9.24 Å². The highest BCUT2D eigenvalue weighted by Gasteiger charge is 2.38. The SMILES string of the molecule is Nn1c(=O)c(I)cn(C2CC(N=O)C(CN=O)O2)c1=O. The average Bonchev–Trinajstić information content (AvgIpc) is 2.84. The number of nitrogens with zero attached hydrogens (tertiary/aromatic N) is 4. The van der Waals surface area contributed by atoms with E-state index < -0.39 is 29.6 Å². The molecule has 10 nitrogen and oxygen atoms in total. The van der Waals surface area contributed by atoms with Crippen LogP contribution in [0.4, 0.5) is 0 Å². The second-order valence-electron chi connectivity index (χ2n) is 4.19. The predicted molar refractivity (Wildman–Crippen MR) is 76.6 cm³/mol. The summed E-state index contributed by atoms with van der Waals surface area (Å²) in [5.74, 6) is 5.37. The van der Waals surface area contributed by atoms with Gasteiger partial charge in [-0.25, -0.2) is 4.79 Å². The second kappa shape index (κ2) is 5.78. The van der Waals surface area contributed by atoms with Gasteiger partial charge in [0.2, 0.25) is 0 Å². The van der Waals surface area contributed by atoms with E-state index in [0.29, 0.717) is 4.68 Å². The Morgan fingerprint density at radius 2 is 2.15 bits per heavy atom. The molecule has 20 heavy (non-hydrogen) atoms. The van der Waals surface area contributed by atoms with Gasteiger partial charge in [0.05, 0.1) is 3.57 Å². The van der Waals surface area contributed by atoms with Gasteiger partial charge in [0.25, 0.3) is 5.56 Å². The molecule has 0 bridgehead atoms. The van der Waals surface area contributed by atoms with Gasteiger partial charge in [-0.3, -0.25) is 9.36 Å². The van der Waals surface area contributed by atoms with E-state index in [0.717, 1.165) is 4.57 Å². The molecule has 0 saturated carbocycles. The Labute approximate surface area is 125 Å². The third-order valence-electron chi connectivity index (χ3n) is 3.01. The van der Waals surface area contributed by atoms with Gasteiger partial charge in [0.1, 0.15) is 24.9 Å². The summed E-state index contributed by atoms with van der Waals surface area (Å²) in [5.41, 5.74) is -1.40. The lowest BCUT2D eigenvalue weighted by atomic mass is 10.1. The number of nitrogen functional groups attached to an aromatic ring is 1. The average molecular weight is 395 g/mol. The number of rotatable bonds is 4. The van der Waals surface area contributed by atoms with Crippen molar-refractivity contribution in [2.45, 2.75) is 24.8 Å². The fourth-order valence-electron chi connectivity index (χ4n) is 2.00. The first-order valence-corrected chi connectivity index (χ1v) is 6.63. The number of hydrogen-bond acceptors (Lipinski definition) is 8. The van der Waals surface area contributed by atoms with Crippen LogP contribution in [0.2, 0.25) is 0 Å². The molecular formula is C9H10IN5O5. The van der Waals surface area contributed by atoms with Gasteiger partial charge in [0, 0.05) is 12.6 Å². The summed E-state index contributed by atoms with van der Waals surface area (Å²) in [6, 6.07) is -0.777. The van der Waals surface area contributed by atoms with Crippen LogP contribution in [0.1, 0.15) is 12.6 Å². The van der Waals surface area contributed by atoms with Crippen LogP contribution in [0.5, 0.6) is 0 Å². The molecule has 3 atom stereocenters. The van der Waals surface area contributed by atoms with E-state index in [4.69, 9.17) is 10.6 Å². The van der Waals surface area contributed by atoms with Crippen LogP contribution < -0.4 is 17.1 Å². The van der Waals surface area contributed by atoms with Crippen LogP contribution in [0.3, 0.4) is 0 Å². The Morgan fingerprint density at radius 3 is 2.75 bits per heavy atom. The van der Waals surface area contributed by atoms with Crippen molar-refractivity contribution in [2.75, 3.05) is 12.4 Å². The molecule has 0 amide bonds. The minimum absolute atomic E-state index is 0.109. The standard InChI is InChI=1S/C9H10IN5O5/c10-4-3-14(9(17)15(11)8(4)16)7-1-5(13-19)6(20-7)2-12-18/h3,5-7H,1-2,11H2. The molecular weight excluding hydrogens is 385 g/mol. The van der Waals surface area contributed by atoms with Crippen LogP contribution in [0.15, 0.2) is 26.1 Å². The fraction of sp³-hybridized carbons (Fsp3) is 0.556. The number of halogens is 1. The van der Waals surface area contributed by atoms with Crippen LogP contribution in [0.25, 0.3) is 0 Å². The van der Waals surface area contributed by atoms with Crippen molar-refractivity contribution in [3.63, 3.8) is 0 Å². The zero-order valence-corrected chi connectivity index (χ0v) is 12.2. The summed E-state index contributed by atoms with van der Waals surface area (Å²) in [7, 11) is 0. The zero-order valence-electron chi connectivity index (χ0n) is 10.0. The minimum atomic E-state index is -0.819. The van der Waals surface area contributed by atoms with E-state index in [2.05, 4.69) is 10.4 Å². The molecule has 1 aliphatic rings. The van der Waals surface area contributed by atoms with E-state index in [1.807, 2.05) is 0 Å². The largest absolute Gasteiger partial charge is 0.351 e. The molecule has 1 aromatic rings. The number of aromatic nitrogens is 2. The van der Waals surface area contributed by atoms with E-state index in [1.165, 1.54) is 6.20 Å². The lowest BCUT2D eigenvalue weighted by Crippen LogP contribution is -2.46. The first-order chi connectivity index (χ1) is 9.49. The molecule has 0 aromatic carbocycles. The Kier molecular flexibility index (Phi) is 4.27. The first-order valence-electron chi connectivity index (χ1n) is 5.55. The summed E-state index contributed by atoms with van der Waals surface area (Å²) in [5, 5.41) is 5.54. The molecule has 1 aromatic heterocycles. The molecule has 0 radical (unpaired) electrons. The Hall–Kier alpha value is -1.63. The smallest absolute Gasteiger partial charge is 0.350 e. The van der Waals surface area contributed by atoms with Crippen molar-refractivity contribution in [1.29, 1.82) is 0 Å². The molecule has 108 valence electrons. The molecule has 0 spiro atoms. The molecule has 1 aliphatic heterocycles. The third kappa shape index (κ3) is 2.49. The summed E-state index contributed by atoms with van der Waals surface area (Å²) in [6.07, 6.45) is -0.200. The Bertz CT molecular complexity index is 655. The van der Waals surface area contributed by atoms with Crippen LogP contribution in [-0.4, -0.2) is 27.9 Å². The van der Waals surface area contributed by atoms with Gasteiger partial charge in [-0.05, 0) is 22.6 Å². The maximum absolute atomic E-state index is 11.9. The predicted octanol–water partition coefficient (Wildman–Crippen LogP) is -0.483. The normalized spacial score (nSPS) is 25.6. The monoisotopic (exact) mass is 395 g/mol. The maximum atomic E-state index is 11.9. The van der Waals surface area contributed by atoms with E-state index in [1.54, 1.807) is 22.6 Å². The summed E-state index contributed by atoms with van der Waals surface area (Å²) >= 11 is 1.73. The zero-order chi connectivity index (χ0) is 14.9. The molecule has 0 aliphatic carbocycles. The van der Waals surface area contributed by atoms with Crippen molar-refractivity contribution < 1.29 is 4.74 Å². The first kappa shape index (κ1) is 14.8. The number of nitroso groups, excluding NO2 is 2. The van der Waals surface area contributed by atoms with E-state index >= 15 is 0 Å². The van der Waals surface area contributed by atoms with E-state index in [9.17, 15) is 19.4 Å². The molecule has 2 rings (SSSR count). The molecule has 2 heterocycles. The van der Waals surface area contributed by atoms with Crippen LogP contribution in [0, 0.1) is 13.4 Å². The maximum Gasteiger partial charge on any atom is 0.351 e. The second-order valence-corrected chi connectivity index (χ2v) is 5.35. The quantitative estimate of drug-likeness (QED) is 0.415. The van der Waals surface area contributed by atoms with Crippen LogP contribution >= 0.6 is 22.6 Å². The summed E-state index contributed by atoms with van der Waals surface area (Å²) in [4.78, 5) is 44.4. The van der Waals surface area contributed by atoms with Crippen molar-refractivity contribution in [3.05, 3.63) is 40.4 Å². The van der Waals surface area contributed by atoms with Crippen molar-refractivity contribution in [3.8, 4) is 0 Å². The minimum Gasteiger partial charge on any atom is -0.350 e. The molecule has 3 unspecified atom stereocenters. The van der Waals surface area contributed by atoms with Gasteiger partial charge < -0.3 is 10.6 Å². The summed E-state index contributed by atoms with van der Waals surface area (Å²) < 4.78 is 7.21. The fourth-order valence-corrected chi connectivity index (χ4v) is 2.56. The van der Waals surface area contributed by atoms with Crippen LogP contribution in [-0.2, 0) is 4.74 Å². The number of ether oxygens (including phenoxy) is 1. The molecule has 2 N–H and O–H groups in total. The molecule has 11 heteroatoms. The van der Waals surface area contributed by atoms with Gasteiger partial charge in [0.15, 0.2) is 0 Å². The Morgan fingerprint density at radius 1 is 1.45 bits per heavy atom. The lowest BCUT2D eigenvalue weighted by molar-refractivity contribution is 0.00112.